The molecule has 122 valence electrons. The van der Waals surface area contributed by atoms with E-state index in [2.05, 4.69) is 66.4 Å². The fraction of sp³-hybridized carbons (Fsp3) is 0.600. The Bertz CT molecular complexity index is 606. The summed E-state index contributed by atoms with van der Waals surface area (Å²) in [5.41, 5.74) is 5.29. The molecule has 1 heterocycles. The molecular weight excluding hydrogens is 287 g/mol. The summed E-state index contributed by atoms with van der Waals surface area (Å²) in [6, 6.07) is 4.63. The molecule has 1 atom stereocenters. The summed E-state index contributed by atoms with van der Waals surface area (Å²) in [6.07, 6.45) is 1.80. The van der Waals surface area contributed by atoms with Gasteiger partial charge in [0, 0.05) is 11.5 Å². The molecule has 1 nitrogen and oxygen atoms in total. The van der Waals surface area contributed by atoms with Gasteiger partial charge in [0.2, 0.25) is 0 Å². The molecule has 0 saturated heterocycles. The predicted octanol–water partition coefficient (Wildman–Crippen LogP) is 6.35. The molecule has 1 unspecified atom stereocenters. The highest BCUT2D eigenvalue weighted by Crippen LogP contribution is 2.55. The summed E-state index contributed by atoms with van der Waals surface area (Å²) in [5.74, 6) is 3.42. The van der Waals surface area contributed by atoms with Crippen LogP contribution in [0.2, 0.25) is 0 Å². The first-order chi connectivity index (χ1) is 10.2. The number of benzene rings is 1. The van der Waals surface area contributed by atoms with Gasteiger partial charge in [-0.25, -0.2) is 0 Å². The van der Waals surface area contributed by atoms with Crippen LogP contribution in [0.4, 0.5) is 0 Å². The lowest BCUT2D eigenvalue weighted by molar-refractivity contribution is 0.587. The summed E-state index contributed by atoms with van der Waals surface area (Å²) < 4.78 is 13.7. The zero-order chi connectivity index (χ0) is 16.7. The molecule has 0 spiro atoms. The molecule has 0 aromatic heterocycles. The maximum absolute atomic E-state index is 13.7. The van der Waals surface area contributed by atoms with Gasteiger partial charge in [-0.05, 0) is 53.6 Å². The second-order valence-corrected chi connectivity index (χ2v) is 10.5. The van der Waals surface area contributed by atoms with Crippen LogP contribution in [0.15, 0.2) is 23.5 Å². The van der Waals surface area contributed by atoms with Crippen molar-refractivity contribution in [2.45, 2.75) is 72.6 Å². The van der Waals surface area contributed by atoms with Crippen molar-refractivity contribution < 1.29 is 4.57 Å². The molecule has 1 aliphatic heterocycles. The Morgan fingerprint density at radius 2 is 1.41 bits per heavy atom. The molecule has 0 bridgehead atoms. The minimum atomic E-state index is -2.37. The van der Waals surface area contributed by atoms with Gasteiger partial charge in [-0.3, -0.25) is 0 Å². The van der Waals surface area contributed by atoms with Crippen molar-refractivity contribution >= 4 is 12.4 Å². The van der Waals surface area contributed by atoms with Gasteiger partial charge in [0.15, 0.2) is 0 Å². The van der Waals surface area contributed by atoms with E-state index in [1.807, 2.05) is 0 Å². The van der Waals surface area contributed by atoms with E-state index < -0.39 is 7.14 Å². The Morgan fingerprint density at radius 1 is 0.909 bits per heavy atom. The Kier molecular flexibility index (Phi) is 5.07. The van der Waals surface area contributed by atoms with E-state index in [-0.39, 0.29) is 0 Å². The second-order valence-electron chi connectivity index (χ2n) is 7.76. The fourth-order valence-corrected chi connectivity index (χ4v) is 6.89. The van der Waals surface area contributed by atoms with Crippen LogP contribution in [0.1, 0.15) is 89.3 Å². The van der Waals surface area contributed by atoms with E-state index in [4.69, 9.17) is 0 Å². The lowest BCUT2D eigenvalue weighted by atomic mass is 9.89. The molecule has 1 aliphatic rings. The third kappa shape index (κ3) is 3.25. The molecule has 0 saturated carbocycles. The van der Waals surface area contributed by atoms with Crippen molar-refractivity contribution in [2.75, 3.05) is 6.16 Å². The highest BCUT2D eigenvalue weighted by molar-refractivity contribution is 7.75. The Hall–Kier alpha value is -0.810. The van der Waals surface area contributed by atoms with Crippen molar-refractivity contribution in [3.63, 3.8) is 0 Å². The molecule has 1 aromatic rings. The van der Waals surface area contributed by atoms with Crippen molar-refractivity contribution in [3.8, 4) is 0 Å². The normalized spacial score (nSPS) is 22.0. The average molecular weight is 318 g/mol. The van der Waals surface area contributed by atoms with Crippen LogP contribution in [0.3, 0.4) is 0 Å². The summed E-state index contributed by atoms with van der Waals surface area (Å²) >= 11 is 0. The van der Waals surface area contributed by atoms with Crippen LogP contribution in [0.25, 0.3) is 0 Å². The van der Waals surface area contributed by atoms with Gasteiger partial charge in [-0.2, -0.15) is 0 Å². The highest BCUT2D eigenvalue weighted by Gasteiger charge is 2.33. The molecule has 0 aliphatic carbocycles. The van der Waals surface area contributed by atoms with Crippen LogP contribution in [0.5, 0.6) is 0 Å². The summed E-state index contributed by atoms with van der Waals surface area (Å²) in [5, 5.41) is 1.18. The molecule has 0 radical (unpaired) electrons. The van der Waals surface area contributed by atoms with E-state index in [0.29, 0.717) is 17.8 Å². The van der Waals surface area contributed by atoms with Crippen LogP contribution < -0.4 is 5.30 Å². The van der Waals surface area contributed by atoms with Crippen LogP contribution >= 0.6 is 7.14 Å². The molecule has 2 heteroatoms. The molecule has 0 fully saturated rings. The SMILES string of the molecule is CC1=CP(=O)(c2c(C(C)C)cc(C(C)C)cc2C(C)C)CC1. The summed E-state index contributed by atoms with van der Waals surface area (Å²) in [7, 11) is -2.37. The Balaban J connectivity index is 2.78. The van der Waals surface area contributed by atoms with E-state index in [0.717, 1.165) is 12.6 Å². The van der Waals surface area contributed by atoms with Gasteiger partial charge in [0.25, 0.3) is 0 Å². The quantitative estimate of drug-likeness (QED) is 0.591. The molecule has 1 aromatic carbocycles. The standard InChI is InChI=1S/C20H31OP/c1-13(2)17-10-18(14(3)4)20(19(11-17)15(5)6)22(21)9-8-16(7)12-22/h10-15H,8-9H2,1-7H3. The Morgan fingerprint density at radius 3 is 1.73 bits per heavy atom. The molecule has 2 rings (SSSR count). The van der Waals surface area contributed by atoms with Crippen LogP contribution in [-0.4, -0.2) is 6.16 Å². The fourth-order valence-electron chi connectivity index (χ4n) is 3.36. The van der Waals surface area contributed by atoms with Crippen molar-refractivity contribution in [2.24, 2.45) is 0 Å². The van der Waals surface area contributed by atoms with Gasteiger partial charge in [-0.1, -0.05) is 59.2 Å². The first kappa shape index (κ1) is 17.5. The number of rotatable bonds is 4. The van der Waals surface area contributed by atoms with E-state index in [1.54, 1.807) is 0 Å². The van der Waals surface area contributed by atoms with Crippen molar-refractivity contribution in [1.82, 2.24) is 0 Å². The Labute approximate surface area is 136 Å². The van der Waals surface area contributed by atoms with Gasteiger partial charge >= 0.3 is 0 Å². The lowest BCUT2D eigenvalue weighted by Gasteiger charge is -2.26. The first-order valence-corrected chi connectivity index (χ1v) is 10.6. The zero-order valence-electron chi connectivity index (χ0n) is 15.2. The molecule has 0 N–H and O–H groups in total. The number of hydrogen-bond donors (Lipinski definition) is 0. The molecular formula is C20H31OP. The number of hydrogen-bond acceptors (Lipinski definition) is 1. The van der Waals surface area contributed by atoms with Gasteiger partial charge in [0.05, 0.1) is 0 Å². The van der Waals surface area contributed by atoms with Crippen molar-refractivity contribution in [3.05, 3.63) is 40.2 Å². The lowest BCUT2D eigenvalue weighted by Crippen LogP contribution is -2.20. The minimum Gasteiger partial charge on any atom is -0.314 e. The van der Waals surface area contributed by atoms with E-state index >= 15 is 0 Å². The van der Waals surface area contributed by atoms with Crippen molar-refractivity contribution in [1.29, 1.82) is 0 Å². The molecule has 0 amide bonds. The monoisotopic (exact) mass is 318 g/mol. The minimum absolute atomic E-state index is 0.409. The predicted molar refractivity (Wildman–Crippen MR) is 99.2 cm³/mol. The average Bonchev–Trinajstić information content (AvgIpc) is 2.77. The van der Waals surface area contributed by atoms with Gasteiger partial charge < -0.3 is 4.57 Å². The van der Waals surface area contributed by atoms with Crippen LogP contribution in [-0.2, 0) is 4.57 Å². The highest BCUT2D eigenvalue weighted by atomic mass is 31.2. The van der Waals surface area contributed by atoms with Gasteiger partial charge in [0.1, 0.15) is 7.14 Å². The zero-order valence-corrected chi connectivity index (χ0v) is 16.1. The topological polar surface area (TPSA) is 17.1 Å². The van der Waals surface area contributed by atoms with Gasteiger partial charge in [-0.15, -0.1) is 0 Å². The molecule has 22 heavy (non-hydrogen) atoms. The maximum atomic E-state index is 13.7. The number of allylic oxidation sites excluding steroid dienone is 1. The van der Waals surface area contributed by atoms with E-state index in [9.17, 15) is 4.57 Å². The summed E-state index contributed by atoms with van der Waals surface area (Å²) in [6.45, 7) is 15.5. The third-order valence-corrected chi connectivity index (χ3v) is 7.77. The van der Waals surface area contributed by atoms with Crippen LogP contribution in [0, 0.1) is 0 Å². The van der Waals surface area contributed by atoms with E-state index in [1.165, 1.54) is 27.6 Å². The first-order valence-electron chi connectivity index (χ1n) is 8.61. The summed E-state index contributed by atoms with van der Waals surface area (Å²) in [4.78, 5) is 0. The largest absolute Gasteiger partial charge is 0.314 e. The smallest absolute Gasteiger partial charge is 0.137 e. The maximum Gasteiger partial charge on any atom is 0.137 e. The second kappa shape index (κ2) is 6.36. The third-order valence-electron chi connectivity index (χ3n) is 4.75.